The van der Waals surface area contributed by atoms with Crippen molar-refractivity contribution in [2.45, 2.75) is 6.61 Å². The van der Waals surface area contributed by atoms with Gasteiger partial charge < -0.3 is 25.3 Å². The van der Waals surface area contributed by atoms with Crippen LogP contribution in [0.1, 0.15) is 16.1 Å². The molecule has 2 N–H and O–H groups in total. The highest BCUT2D eigenvalue weighted by molar-refractivity contribution is 5.94. The van der Waals surface area contributed by atoms with Crippen molar-refractivity contribution in [1.82, 2.24) is 15.6 Å². The number of nitrogens with one attached hydrogen (secondary N) is 2. The molecule has 23 heavy (non-hydrogen) atoms. The molecule has 0 atom stereocenters. The zero-order chi connectivity index (χ0) is 16.5. The molecule has 1 heterocycles. The standard InChI is InChI=1S/C16H17N3O4/c20-15(18-9-10-19-16(21)22)14-13(7-4-8-17-14)23-11-12-5-2-1-3-6-12/h1-8,19H,9-11H2,(H,18,20)(H,21,22)/p-1. The molecule has 7 heteroatoms. The first-order chi connectivity index (χ1) is 11.2. The number of hydrogen-bond donors (Lipinski definition) is 2. The van der Waals surface area contributed by atoms with Gasteiger partial charge in [0.1, 0.15) is 12.7 Å². The summed E-state index contributed by atoms with van der Waals surface area (Å²) in [6.07, 6.45) is 0.105. The van der Waals surface area contributed by atoms with Crippen LogP contribution in [0.3, 0.4) is 0 Å². The van der Waals surface area contributed by atoms with Crippen LogP contribution in [0.15, 0.2) is 48.7 Å². The predicted molar refractivity (Wildman–Crippen MR) is 80.7 cm³/mol. The van der Waals surface area contributed by atoms with Gasteiger partial charge in [0, 0.05) is 19.3 Å². The van der Waals surface area contributed by atoms with Gasteiger partial charge in [-0.3, -0.25) is 4.79 Å². The minimum atomic E-state index is -1.39. The van der Waals surface area contributed by atoms with E-state index in [-0.39, 0.29) is 18.8 Å². The summed E-state index contributed by atoms with van der Waals surface area (Å²) in [5, 5.41) is 14.8. The fourth-order valence-electron chi connectivity index (χ4n) is 1.84. The van der Waals surface area contributed by atoms with Gasteiger partial charge in [-0.15, -0.1) is 0 Å². The highest BCUT2D eigenvalue weighted by Gasteiger charge is 2.13. The molecule has 0 aliphatic heterocycles. The first-order valence-electron chi connectivity index (χ1n) is 7.01. The summed E-state index contributed by atoms with van der Waals surface area (Å²) in [7, 11) is 0. The summed E-state index contributed by atoms with van der Waals surface area (Å²) >= 11 is 0. The summed E-state index contributed by atoms with van der Waals surface area (Å²) in [5.74, 6) is -0.0736. The van der Waals surface area contributed by atoms with Crippen LogP contribution in [0, 0.1) is 0 Å². The van der Waals surface area contributed by atoms with Gasteiger partial charge in [0.2, 0.25) is 0 Å². The van der Waals surface area contributed by atoms with Crippen molar-refractivity contribution >= 4 is 12.0 Å². The first-order valence-corrected chi connectivity index (χ1v) is 7.01. The molecular weight excluding hydrogens is 298 g/mol. The molecular formula is C16H16N3O4-. The first kappa shape index (κ1) is 16.3. The van der Waals surface area contributed by atoms with E-state index in [9.17, 15) is 14.7 Å². The van der Waals surface area contributed by atoms with Crippen molar-refractivity contribution in [2.75, 3.05) is 13.1 Å². The molecule has 0 unspecified atom stereocenters. The molecule has 0 aliphatic carbocycles. The second-order valence-corrected chi connectivity index (χ2v) is 4.59. The highest BCUT2D eigenvalue weighted by Crippen LogP contribution is 2.16. The van der Waals surface area contributed by atoms with Crippen LogP contribution < -0.4 is 20.5 Å². The van der Waals surface area contributed by atoms with E-state index in [2.05, 4.69) is 15.6 Å². The highest BCUT2D eigenvalue weighted by atomic mass is 16.5. The lowest BCUT2D eigenvalue weighted by Gasteiger charge is -2.11. The molecule has 2 amide bonds. The number of hydrogen-bond acceptors (Lipinski definition) is 5. The molecule has 0 saturated carbocycles. The Morgan fingerprint density at radius 1 is 1.04 bits per heavy atom. The average molecular weight is 314 g/mol. The third-order valence-corrected chi connectivity index (χ3v) is 2.90. The second-order valence-electron chi connectivity index (χ2n) is 4.59. The Morgan fingerprint density at radius 3 is 2.52 bits per heavy atom. The molecule has 2 aromatic rings. The largest absolute Gasteiger partial charge is 0.530 e. The zero-order valence-electron chi connectivity index (χ0n) is 12.3. The van der Waals surface area contributed by atoms with Crippen molar-refractivity contribution in [3.8, 4) is 5.75 Å². The van der Waals surface area contributed by atoms with Crippen LogP contribution in [-0.2, 0) is 6.61 Å². The lowest BCUT2D eigenvalue weighted by molar-refractivity contribution is -0.250. The molecule has 1 aromatic heterocycles. The van der Waals surface area contributed by atoms with Crippen molar-refractivity contribution in [3.63, 3.8) is 0 Å². The van der Waals surface area contributed by atoms with E-state index >= 15 is 0 Å². The number of pyridine rings is 1. The number of aromatic nitrogens is 1. The molecule has 0 spiro atoms. The molecule has 0 fully saturated rings. The number of nitrogens with zero attached hydrogens (tertiary/aromatic N) is 1. The second kappa shape index (κ2) is 8.38. The lowest BCUT2D eigenvalue weighted by atomic mass is 10.2. The smallest absolute Gasteiger partial charge is 0.273 e. The number of benzene rings is 1. The third kappa shape index (κ3) is 5.31. The van der Waals surface area contributed by atoms with Crippen LogP contribution in [0.2, 0.25) is 0 Å². The fraction of sp³-hybridized carbons (Fsp3) is 0.188. The topological polar surface area (TPSA) is 103 Å². The van der Waals surface area contributed by atoms with Crippen LogP contribution in [-0.4, -0.2) is 30.1 Å². The minimum Gasteiger partial charge on any atom is -0.530 e. The van der Waals surface area contributed by atoms with E-state index in [0.717, 1.165) is 5.56 Å². The Morgan fingerprint density at radius 2 is 1.78 bits per heavy atom. The zero-order valence-corrected chi connectivity index (χ0v) is 12.3. The van der Waals surface area contributed by atoms with Gasteiger partial charge in [0.05, 0.1) is 0 Å². The van der Waals surface area contributed by atoms with Crippen LogP contribution in [0.5, 0.6) is 5.75 Å². The summed E-state index contributed by atoms with van der Waals surface area (Å²) in [6, 6.07) is 12.9. The van der Waals surface area contributed by atoms with Crippen molar-refractivity contribution < 1.29 is 19.4 Å². The lowest BCUT2D eigenvalue weighted by Crippen LogP contribution is -2.41. The molecule has 0 radical (unpaired) electrons. The van der Waals surface area contributed by atoms with Gasteiger partial charge in [0.25, 0.3) is 5.91 Å². The minimum absolute atomic E-state index is 0.0567. The Bertz CT molecular complexity index is 661. The number of carboxylic acid groups (broad SMARTS) is 1. The monoisotopic (exact) mass is 314 g/mol. The van der Waals surface area contributed by atoms with Gasteiger partial charge in [-0.2, -0.15) is 0 Å². The number of carbonyl (C=O) groups excluding carboxylic acids is 2. The summed E-state index contributed by atoms with van der Waals surface area (Å²) in [6.45, 7) is 0.502. The molecule has 120 valence electrons. The molecule has 0 saturated heterocycles. The van der Waals surface area contributed by atoms with Gasteiger partial charge in [0.15, 0.2) is 11.4 Å². The van der Waals surface area contributed by atoms with Crippen molar-refractivity contribution in [3.05, 3.63) is 59.9 Å². The molecule has 2 rings (SSSR count). The van der Waals surface area contributed by atoms with E-state index in [0.29, 0.717) is 12.4 Å². The SMILES string of the molecule is O=C([O-])NCCNC(=O)c1ncccc1OCc1ccccc1. The van der Waals surface area contributed by atoms with E-state index in [4.69, 9.17) is 4.74 Å². The Balaban J connectivity index is 1.93. The van der Waals surface area contributed by atoms with Crippen LogP contribution in [0.25, 0.3) is 0 Å². The van der Waals surface area contributed by atoms with E-state index in [1.807, 2.05) is 30.3 Å². The number of ether oxygens (including phenoxy) is 1. The van der Waals surface area contributed by atoms with E-state index in [1.54, 1.807) is 12.1 Å². The molecule has 0 aliphatic rings. The van der Waals surface area contributed by atoms with Crippen molar-refractivity contribution in [2.24, 2.45) is 0 Å². The maximum absolute atomic E-state index is 12.1. The predicted octanol–water partition coefficient (Wildman–Crippen LogP) is 0.323. The molecule has 0 bridgehead atoms. The summed E-state index contributed by atoms with van der Waals surface area (Å²) in [5.41, 5.74) is 1.12. The van der Waals surface area contributed by atoms with Crippen LogP contribution >= 0.6 is 0 Å². The third-order valence-electron chi connectivity index (χ3n) is 2.90. The fourth-order valence-corrected chi connectivity index (χ4v) is 1.84. The number of rotatable bonds is 7. The maximum atomic E-state index is 12.1. The Labute approximate surface area is 133 Å². The molecule has 1 aromatic carbocycles. The number of carbonyl (C=O) groups is 2. The summed E-state index contributed by atoms with van der Waals surface area (Å²) in [4.78, 5) is 26.3. The van der Waals surface area contributed by atoms with Gasteiger partial charge in [-0.25, -0.2) is 4.98 Å². The maximum Gasteiger partial charge on any atom is 0.273 e. The van der Waals surface area contributed by atoms with Gasteiger partial charge in [-0.05, 0) is 17.7 Å². The van der Waals surface area contributed by atoms with Crippen LogP contribution in [0.4, 0.5) is 4.79 Å². The normalized spacial score (nSPS) is 9.91. The Hall–Kier alpha value is -3.09. The summed E-state index contributed by atoms with van der Waals surface area (Å²) < 4.78 is 5.65. The average Bonchev–Trinajstić information content (AvgIpc) is 2.58. The number of amides is 2. The molecule has 7 nitrogen and oxygen atoms in total. The Kier molecular flexibility index (Phi) is 5.93. The van der Waals surface area contributed by atoms with Crippen molar-refractivity contribution in [1.29, 1.82) is 0 Å². The van der Waals surface area contributed by atoms with E-state index < -0.39 is 12.0 Å². The van der Waals surface area contributed by atoms with Gasteiger partial charge in [-0.1, -0.05) is 30.3 Å². The van der Waals surface area contributed by atoms with E-state index in [1.165, 1.54) is 6.20 Å². The van der Waals surface area contributed by atoms with Gasteiger partial charge >= 0.3 is 0 Å². The quantitative estimate of drug-likeness (QED) is 0.717.